The van der Waals surface area contributed by atoms with E-state index in [1.165, 1.54) is 21.3 Å². The molecule has 0 fully saturated rings. The molecule has 0 saturated heterocycles. The molecule has 31 heavy (non-hydrogen) atoms. The number of hydrogen-bond donors (Lipinski definition) is 0. The first kappa shape index (κ1) is 20.8. The number of aryl methyl sites for hydroxylation is 2. The molecule has 0 spiro atoms. The predicted molar refractivity (Wildman–Crippen MR) is 120 cm³/mol. The molecule has 0 bridgehead atoms. The lowest BCUT2D eigenvalue weighted by atomic mass is 10.1. The first-order valence-corrected chi connectivity index (χ1v) is 10.5. The van der Waals surface area contributed by atoms with Crippen LogP contribution in [0.5, 0.6) is 0 Å². The van der Waals surface area contributed by atoms with E-state index in [1.807, 2.05) is 35.8 Å². The van der Waals surface area contributed by atoms with Crippen LogP contribution in [0.25, 0.3) is 22.6 Å². The molecule has 0 aliphatic carbocycles. The zero-order valence-corrected chi connectivity index (χ0v) is 17.9. The Morgan fingerprint density at radius 1 is 0.968 bits per heavy atom. The molecule has 160 valence electrons. The van der Waals surface area contributed by atoms with Crippen molar-refractivity contribution in [2.45, 2.75) is 39.8 Å². The van der Waals surface area contributed by atoms with Crippen molar-refractivity contribution in [2.75, 3.05) is 0 Å². The Morgan fingerprint density at radius 3 is 2.39 bits per heavy atom. The zero-order valence-electron chi connectivity index (χ0n) is 17.9. The Bertz CT molecular complexity index is 1360. The van der Waals surface area contributed by atoms with Gasteiger partial charge in [0.15, 0.2) is 11.2 Å². The summed E-state index contributed by atoms with van der Waals surface area (Å²) in [7, 11) is 1.64. The maximum Gasteiger partial charge on any atom is 0.332 e. The van der Waals surface area contributed by atoms with Gasteiger partial charge in [0.1, 0.15) is 11.6 Å². The molecular weight excluding hydrogens is 395 g/mol. The van der Waals surface area contributed by atoms with Crippen LogP contribution in [0.2, 0.25) is 0 Å². The standard InChI is InChI=1S/C24H25FN4O2/c1-4-13-28-23(30)20-22(27(3)24(28)31)26-21(18-8-6-7-16(5-2)14-18)29(20)15-17-9-11-19(25)12-10-17/h6-12,14H,4-5,13,15H2,1-3H3. The van der Waals surface area contributed by atoms with E-state index < -0.39 is 0 Å². The highest BCUT2D eigenvalue weighted by molar-refractivity contribution is 5.77. The van der Waals surface area contributed by atoms with Crippen molar-refractivity contribution in [1.82, 2.24) is 18.7 Å². The molecule has 0 N–H and O–H groups in total. The third kappa shape index (κ3) is 3.71. The molecule has 4 rings (SSSR count). The number of aromatic nitrogens is 4. The van der Waals surface area contributed by atoms with E-state index in [1.54, 1.807) is 19.2 Å². The van der Waals surface area contributed by atoms with Crippen LogP contribution in [0.1, 0.15) is 31.4 Å². The highest BCUT2D eigenvalue weighted by Gasteiger charge is 2.21. The number of rotatable bonds is 6. The minimum absolute atomic E-state index is 0.317. The molecule has 7 heteroatoms. The summed E-state index contributed by atoms with van der Waals surface area (Å²) >= 11 is 0. The molecule has 4 aromatic rings. The average Bonchev–Trinajstić information content (AvgIpc) is 3.16. The molecule has 2 aromatic heterocycles. The van der Waals surface area contributed by atoms with Crippen molar-refractivity contribution < 1.29 is 4.39 Å². The maximum atomic E-state index is 13.4. The van der Waals surface area contributed by atoms with Gasteiger partial charge in [-0.15, -0.1) is 0 Å². The normalized spacial score (nSPS) is 11.4. The Kier molecular flexibility index (Phi) is 5.59. The second-order valence-electron chi connectivity index (χ2n) is 7.67. The van der Waals surface area contributed by atoms with Crippen LogP contribution in [0.3, 0.4) is 0 Å². The molecular formula is C24H25FN4O2. The number of nitrogens with zero attached hydrogens (tertiary/aromatic N) is 4. The van der Waals surface area contributed by atoms with Gasteiger partial charge in [0.25, 0.3) is 5.56 Å². The molecule has 0 unspecified atom stereocenters. The smallest absolute Gasteiger partial charge is 0.314 e. The fourth-order valence-electron chi connectivity index (χ4n) is 3.87. The topological polar surface area (TPSA) is 61.8 Å². The minimum atomic E-state index is -0.375. The van der Waals surface area contributed by atoms with Crippen molar-refractivity contribution in [3.63, 3.8) is 0 Å². The van der Waals surface area contributed by atoms with E-state index in [-0.39, 0.29) is 17.1 Å². The quantitative estimate of drug-likeness (QED) is 0.478. The van der Waals surface area contributed by atoms with Crippen molar-refractivity contribution in [1.29, 1.82) is 0 Å². The van der Waals surface area contributed by atoms with E-state index in [9.17, 15) is 14.0 Å². The largest absolute Gasteiger partial charge is 0.332 e. The Morgan fingerprint density at radius 2 is 1.71 bits per heavy atom. The zero-order chi connectivity index (χ0) is 22.1. The van der Waals surface area contributed by atoms with Gasteiger partial charge in [-0.3, -0.25) is 13.9 Å². The predicted octanol–water partition coefficient (Wildman–Crippen LogP) is 3.72. The molecule has 0 aliphatic rings. The summed E-state index contributed by atoms with van der Waals surface area (Å²) < 4.78 is 18.0. The number of benzene rings is 2. The van der Waals surface area contributed by atoms with Crippen LogP contribution in [-0.2, 0) is 26.6 Å². The lowest BCUT2D eigenvalue weighted by molar-refractivity contribution is 0.590. The van der Waals surface area contributed by atoms with Crippen molar-refractivity contribution >= 4 is 11.2 Å². The van der Waals surface area contributed by atoms with Crippen molar-refractivity contribution in [3.05, 3.63) is 86.3 Å². The van der Waals surface area contributed by atoms with Gasteiger partial charge < -0.3 is 4.57 Å². The summed E-state index contributed by atoms with van der Waals surface area (Å²) in [4.78, 5) is 30.9. The second-order valence-corrected chi connectivity index (χ2v) is 7.67. The van der Waals surface area contributed by atoms with Crippen LogP contribution in [0.15, 0.2) is 58.1 Å². The third-order valence-electron chi connectivity index (χ3n) is 5.53. The van der Waals surface area contributed by atoms with Crippen LogP contribution >= 0.6 is 0 Å². The van der Waals surface area contributed by atoms with Gasteiger partial charge >= 0.3 is 5.69 Å². The second kappa shape index (κ2) is 8.34. The van der Waals surface area contributed by atoms with E-state index >= 15 is 0 Å². The molecule has 0 saturated carbocycles. The molecule has 0 radical (unpaired) electrons. The van der Waals surface area contributed by atoms with Crippen LogP contribution in [0.4, 0.5) is 4.39 Å². The van der Waals surface area contributed by atoms with Crippen LogP contribution < -0.4 is 11.2 Å². The number of halogens is 1. The van der Waals surface area contributed by atoms with Gasteiger partial charge in [-0.25, -0.2) is 14.2 Å². The lowest BCUT2D eigenvalue weighted by Gasteiger charge is -2.11. The van der Waals surface area contributed by atoms with Gasteiger partial charge in [0, 0.05) is 25.7 Å². The van der Waals surface area contributed by atoms with E-state index in [0.29, 0.717) is 36.5 Å². The first-order valence-electron chi connectivity index (χ1n) is 10.5. The van der Waals surface area contributed by atoms with E-state index in [0.717, 1.165) is 23.1 Å². The molecule has 2 heterocycles. The fourth-order valence-corrected chi connectivity index (χ4v) is 3.87. The summed E-state index contributed by atoms with van der Waals surface area (Å²) in [6.07, 6.45) is 1.53. The highest BCUT2D eigenvalue weighted by Crippen LogP contribution is 2.25. The summed E-state index contributed by atoms with van der Waals surface area (Å²) in [6, 6.07) is 14.2. The van der Waals surface area contributed by atoms with Gasteiger partial charge in [-0.1, -0.05) is 44.2 Å². The van der Waals surface area contributed by atoms with Crippen LogP contribution in [-0.4, -0.2) is 18.7 Å². The highest BCUT2D eigenvalue weighted by atomic mass is 19.1. The van der Waals surface area contributed by atoms with E-state index in [4.69, 9.17) is 4.98 Å². The fraction of sp³-hybridized carbons (Fsp3) is 0.292. The van der Waals surface area contributed by atoms with Gasteiger partial charge in [-0.2, -0.15) is 0 Å². The third-order valence-corrected chi connectivity index (χ3v) is 5.53. The Balaban J connectivity index is 2.04. The summed E-state index contributed by atoms with van der Waals surface area (Å²) in [5.74, 6) is 0.291. The average molecular weight is 420 g/mol. The molecule has 6 nitrogen and oxygen atoms in total. The molecule has 2 aromatic carbocycles. The molecule has 0 amide bonds. The Hall–Kier alpha value is -3.48. The first-order chi connectivity index (χ1) is 14.9. The van der Waals surface area contributed by atoms with Gasteiger partial charge in [0.05, 0.1) is 0 Å². The van der Waals surface area contributed by atoms with Gasteiger partial charge in [-0.05, 0) is 42.2 Å². The number of fused-ring (bicyclic) bond motifs is 1. The van der Waals surface area contributed by atoms with E-state index in [2.05, 4.69) is 6.92 Å². The number of hydrogen-bond acceptors (Lipinski definition) is 3. The summed E-state index contributed by atoms with van der Waals surface area (Å²) in [5, 5.41) is 0. The summed E-state index contributed by atoms with van der Waals surface area (Å²) in [5.41, 5.74) is 2.84. The molecule has 0 atom stereocenters. The minimum Gasteiger partial charge on any atom is -0.314 e. The van der Waals surface area contributed by atoms with Crippen molar-refractivity contribution in [3.8, 4) is 11.4 Å². The Labute approximate surface area is 179 Å². The lowest BCUT2D eigenvalue weighted by Crippen LogP contribution is -2.39. The van der Waals surface area contributed by atoms with Gasteiger partial charge in [0.2, 0.25) is 0 Å². The monoisotopic (exact) mass is 420 g/mol. The van der Waals surface area contributed by atoms with Crippen molar-refractivity contribution in [2.24, 2.45) is 7.05 Å². The number of imidazole rings is 1. The summed E-state index contributed by atoms with van der Waals surface area (Å²) in [6.45, 7) is 4.67. The maximum absolute atomic E-state index is 13.4. The van der Waals surface area contributed by atoms with Crippen LogP contribution in [0, 0.1) is 5.82 Å². The SMILES string of the molecule is CCCn1c(=O)c2c(nc(-c3cccc(CC)c3)n2Cc2ccc(F)cc2)n(C)c1=O. The molecule has 0 aliphatic heterocycles.